The Labute approximate surface area is 105 Å². The van der Waals surface area contributed by atoms with Gasteiger partial charge in [-0.05, 0) is 46.2 Å². The van der Waals surface area contributed by atoms with Crippen molar-refractivity contribution in [3.63, 3.8) is 0 Å². The first-order valence-corrected chi connectivity index (χ1v) is 6.47. The first kappa shape index (κ1) is 14.1. The number of piperidine rings is 1. The number of amides is 1. The summed E-state index contributed by atoms with van der Waals surface area (Å²) < 4.78 is 0. The van der Waals surface area contributed by atoms with Crippen LogP contribution in [-0.2, 0) is 4.79 Å². The molecule has 17 heavy (non-hydrogen) atoms. The van der Waals surface area contributed by atoms with Crippen LogP contribution in [0.15, 0.2) is 0 Å². The quantitative estimate of drug-likeness (QED) is 0.729. The molecule has 0 aromatic heterocycles. The standard InChI is InChI=1S/C14H24N2O/c1-5-7-14(8-10-15-11-9-14)12(17)16-13(3,4)6-2/h2,15H,5,7-11H2,1,3-4H3,(H,16,17). The van der Waals surface area contributed by atoms with E-state index in [1.807, 2.05) is 13.8 Å². The first-order valence-electron chi connectivity index (χ1n) is 6.47. The van der Waals surface area contributed by atoms with E-state index in [1.165, 1.54) is 0 Å². The Morgan fingerprint density at radius 2 is 2.06 bits per heavy atom. The average molecular weight is 236 g/mol. The Morgan fingerprint density at radius 3 is 2.53 bits per heavy atom. The zero-order chi connectivity index (χ0) is 12.9. The van der Waals surface area contributed by atoms with Crippen LogP contribution in [0, 0.1) is 17.8 Å². The van der Waals surface area contributed by atoms with E-state index in [0.717, 1.165) is 38.8 Å². The summed E-state index contributed by atoms with van der Waals surface area (Å²) in [5.41, 5.74) is -0.767. The van der Waals surface area contributed by atoms with Crippen LogP contribution in [0.4, 0.5) is 0 Å². The second kappa shape index (κ2) is 5.55. The number of rotatable bonds is 4. The number of hydrogen-bond donors (Lipinski definition) is 2. The number of terminal acetylenes is 1. The lowest BCUT2D eigenvalue weighted by Crippen LogP contribution is -2.53. The van der Waals surface area contributed by atoms with Crippen molar-refractivity contribution in [3.8, 4) is 12.3 Å². The Balaban J connectivity index is 2.77. The predicted octanol–water partition coefficient (Wildman–Crippen LogP) is 1.68. The number of nitrogens with one attached hydrogen (secondary N) is 2. The molecule has 0 saturated carbocycles. The third kappa shape index (κ3) is 3.47. The lowest BCUT2D eigenvalue weighted by Gasteiger charge is -2.38. The second-order valence-electron chi connectivity index (χ2n) is 5.50. The molecule has 3 heteroatoms. The average Bonchev–Trinajstić information content (AvgIpc) is 2.30. The number of hydrogen-bond acceptors (Lipinski definition) is 2. The minimum absolute atomic E-state index is 0.129. The summed E-state index contributed by atoms with van der Waals surface area (Å²) in [6.45, 7) is 7.70. The summed E-state index contributed by atoms with van der Waals surface area (Å²) in [4.78, 5) is 12.5. The summed E-state index contributed by atoms with van der Waals surface area (Å²) in [5.74, 6) is 2.75. The smallest absolute Gasteiger partial charge is 0.227 e. The molecule has 0 unspecified atom stereocenters. The fourth-order valence-corrected chi connectivity index (χ4v) is 2.43. The third-order valence-corrected chi connectivity index (χ3v) is 3.56. The lowest BCUT2D eigenvalue weighted by atomic mass is 9.74. The Hall–Kier alpha value is -1.01. The Kier molecular flexibility index (Phi) is 4.59. The van der Waals surface area contributed by atoms with Gasteiger partial charge in [-0.3, -0.25) is 4.79 Å². The van der Waals surface area contributed by atoms with Gasteiger partial charge in [0.25, 0.3) is 0 Å². The van der Waals surface area contributed by atoms with Gasteiger partial charge in [0.1, 0.15) is 0 Å². The van der Waals surface area contributed by atoms with Gasteiger partial charge >= 0.3 is 0 Å². The molecule has 0 radical (unpaired) electrons. The molecule has 0 aromatic rings. The summed E-state index contributed by atoms with van der Waals surface area (Å²) >= 11 is 0. The van der Waals surface area contributed by atoms with Gasteiger partial charge in [-0.1, -0.05) is 19.3 Å². The Morgan fingerprint density at radius 1 is 1.47 bits per heavy atom. The van der Waals surface area contributed by atoms with Crippen LogP contribution in [0.2, 0.25) is 0 Å². The molecule has 96 valence electrons. The lowest BCUT2D eigenvalue weighted by molar-refractivity contribution is -0.134. The van der Waals surface area contributed by atoms with E-state index < -0.39 is 5.54 Å². The molecule has 1 amide bonds. The molecule has 0 aliphatic carbocycles. The summed E-state index contributed by atoms with van der Waals surface area (Å²) in [5, 5.41) is 6.31. The highest BCUT2D eigenvalue weighted by Crippen LogP contribution is 2.34. The van der Waals surface area contributed by atoms with Gasteiger partial charge in [0.2, 0.25) is 5.91 Å². The Bertz CT molecular complexity index is 303. The third-order valence-electron chi connectivity index (χ3n) is 3.56. The molecule has 0 atom stereocenters. The fraction of sp³-hybridized carbons (Fsp3) is 0.786. The van der Waals surface area contributed by atoms with Gasteiger partial charge in [-0.15, -0.1) is 6.42 Å². The molecule has 1 rings (SSSR count). The van der Waals surface area contributed by atoms with Crippen molar-refractivity contribution in [1.82, 2.24) is 10.6 Å². The van der Waals surface area contributed by atoms with Crippen molar-refractivity contribution in [2.24, 2.45) is 5.41 Å². The predicted molar refractivity (Wildman–Crippen MR) is 70.5 cm³/mol. The molecular formula is C14H24N2O. The number of carbonyl (C=O) groups is 1. The molecule has 1 fully saturated rings. The number of carbonyl (C=O) groups excluding carboxylic acids is 1. The maximum absolute atomic E-state index is 12.5. The largest absolute Gasteiger partial charge is 0.340 e. The molecule has 0 spiro atoms. The topological polar surface area (TPSA) is 41.1 Å². The van der Waals surface area contributed by atoms with Gasteiger partial charge in [-0.25, -0.2) is 0 Å². The van der Waals surface area contributed by atoms with E-state index in [9.17, 15) is 4.79 Å². The molecule has 1 saturated heterocycles. The van der Waals surface area contributed by atoms with Crippen molar-refractivity contribution in [3.05, 3.63) is 0 Å². The normalized spacial score (nSPS) is 19.4. The molecular weight excluding hydrogens is 212 g/mol. The fourth-order valence-electron chi connectivity index (χ4n) is 2.43. The zero-order valence-corrected chi connectivity index (χ0v) is 11.2. The van der Waals surface area contributed by atoms with Crippen LogP contribution < -0.4 is 10.6 Å². The van der Waals surface area contributed by atoms with Crippen LogP contribution in [0.25, 0.3) is 0 Å². The van der Waals surface area contributed by atoms with Crippen molar-refractivity contribution in [1.29, 1.82) is 0 Å². The van der Waals surface area contributed by atoms with Crippen LogP contribution >= 0.6 is 0 Å². The zero-order valence-electron chi connectivity index (χ0n) is 11.2. The molecule has 0 aromatic carbocycles. The minimum atomic E-state index is -0.553. The van der Waals surface area contributed by atoms with Crippen LogP contribution in [0.5, 0.6) is 0 Å². The molecule has 1 aliphatic heterocycles. The van der Waals surface area contributed by atoms with Crippen LogP contribution in [0.3, 0.4) is 0 Å². The minimum Gasteiger partial charge on any atom is -0.340 e. The summed E-state index contributed by atoms with van der Waals surface area (Å²) in [6, 6.07) is 0. The summed E-state index contributed by atoms with van der Waals surface area (Å²) in [6.07, 6.45) is 9.22. The first-order chi connectivity index (χ1) is 7.96. The molecule has 2 N–H and O–H groups in total. The van der Waals surface area contributed by atoms with E-state index in [0.29, 0.717) is 0 Å². The van der Waals surface area contributed by atoms with Crippen molar-refractivity contribution >= 4 is 5.91 Å². The van der Waals surface area contributed by atoms with Gasteiger partial charge in [0.05, 0.1) is 11.0 Å². The van der Waals surface area contributed by atoms with Gasteiger partial charge in [0.15, 0.2) is 0 Å². The molecule has 1 aliphatic rings. The maximum Gasteiger partial charge on any atom is 0.227 e. The SMILES string of the molecule is C#CC(C)(C)NC(=O)C1(CCC)CCNCC1. The highest BCUT2D eigenvalue weighted by molar-refractivity contribution is 5.83. The molecule has 3 nitrogen and oxygen atoms in total. The molecule has 1 heterocycles. The van der Waals surface area contributed by atoms with E-state index in [1.54, 1.807) is 0 Å². The van der Waals surface area contributed by atoms with Gasteiger partial charge in [-0.2, -0.15) is 0 Å². The summed E-state index contributed by atoms with van der Waals surface area (Å²) in [7, 11) is 0. The maximum atomic E-state index is 12.5. The van der Waals surface area contributed by atoms with Crippen molar-refractivity contribution in [2.45, 2.75) is 52.0 Å². The van der Waals surface area contributed by atoms with E-state index >= 15 is 0 Å². The van der Waals surface area contributed by atoms with E-state index in [2.05, 4.69) is 23.5 Å². The van der Waals surface area contributed by atoms with E-state index in [4.69, 9.17) is 6.42 Å². The van der Waals surface area contributed by atoms with Crippen LogP contribution in [-0.4, -0.2) is 24.5 Å². The van der Waals surface area contributed by atoms with E-state index in [-0.39, 0.29) is 11.3 Å². The highest BCUT2D eigenvalue weighted by Gasteiger charge is 2.40. The van der Waals surface area contributed by atoms with Crippen LogP contribution in [0.1, 0.15) is 46.5 Å². The highest BCUT2D eigenvalue weighted by atomic mass is 16.2. The second-order valence-corrected chi connectivity index (χ2v) is 5.50. The van der Waals surface area contributed by atoms with Crippen molar-refractivity contribution in [2.75, 3.05) is 13.1 Å². The molecule has 0 bridgehead atoms. The van der Waals surface area contributed by atoms with Crippen molar-refractivity contribution < 1.29 is 4.79 Å². The van der Waals surface area contributed by atoms with Gasteiger partial charge < -0.3 is 10.6 Å². The van der Waals surface area contributed by atoms with Gasteiger partial charge in [0, 0.05) is 0 Å². The monoisotopic (exact) mass is 236 g/mol.